The normalized spacial score (nSPS) is 30.0. The first-order valence-electron chi connectivity index (χ1n) is 4.17. The summed E-state index contributed by atoms with van der Waals surface area (Å²) in [7, 11) is 0. The van der Waals surface area contributed by atoms with Gasteiger partial charge in [-0.1, -0.05) is 0 Å². The third kappa shape index (κ3) is 2.80. The molecule has 4 unspecified atom stereocenters. The Morgan fingerprint density at radius 1 is 1.38 bits per heavy atom. The smallest absolute Gasteiger partial charge is 0.110 e. The van der Waals surface area contributed by atoms with Gasteiger partial charge in [0.25, 0.3) is 0 Å². The van der Waals surface area contributed by atoms with Crippen LogP contribution in [0.2, 0.25) is 0 Å². The summed E-state index contributed by atoms with van der Waals surface area (Å²) in [5.74, 6) is 0.879. The molecule has 1 aliphatic heterocycles. The molecule has 6 heteroatoms. The standard InChI is InChI=1S/C7H15NO4S/c9-3-4(10)5(11)6(12)7-8-1-2-13-7/h4-12H,1-3H2. The number of thioether (sulfide) groups is 1. The number of hydrogen-bond donors (Lipinski definition) is 5. The molecule has 1 fully saturated rings. The van der Waals surface area contributed by atoms with Crippen LogP contribution in [0.15, 0.2) is 0 Å². The summed E-state index contributed by atoms with van der Waals surface area (Å²) < 4.78 is 0. The maximum atomic E-state index is 9.51. The summed E-state index contributed by atoms with van der Waals surface area (Å²) >= 11 is 1.49. The zero-order valence-electron chi connectivity index (χ0n) is 7.13. The third-order valence-electron chi connectivity index (χ3n) is 1.99. The van der Waals surface area contributed by atoms with E-state index in [2.05, 4.69) is 5.32 Å². The minimum Gasteiger partial charge on any atom is -0.394 e. The van der Waals surface area contributed by atoms with Gasteiger partial charge in [-0.25, -0.2) is 0 Å². The Kier molecular flexibility index (Phi) is 4.43. The van der Waals surface area contributed by atoms with Gasteiger partial charge in [-0.2, -0.15) is 0 Å². The lowest BCUT2D eigenvalue weighted by atomic mass is 10.1. The predicted octanol–water partition coefficient (Wildman–Crippen LogP) is -2.28. The Balaban J connectivity index is 2.40. The van der Waals surface area contributed by atoms with Gasteiger partial charge in [0, 0.05) is 12.3 Å². The van der Waals surface area contributed by atoms with Crippen molar-refractivity contribution in [2.75, 3.05) is 18.9 Å². The Morgan fingerprint density at radius 3 is 2.54 bits per heavy atom. The van der Waals surface area contributed by atoms with E-state index in [9.17, 15) is 10.2 Å². The molecule has 1 aliphatic rings. The first-order valence-corrected chi connectivity index (χ1v) is 5.21. The van der Waals surface area contributed by atoms with Crippen LogP contribution < -0.4 is 5.32 Å². The molecular formula is C7H15NO4S. The second-order valence-electron chi connectivity index (χ2n) is 2.98. The summed E-state index contributed by atoms with van der Waals surface area (Å²) in [6.45, 7) is 0.240. The van der Waals surface area contributed by atoms with Gasteiger partial charge >= 0.3 is 0 Å². The van der Waals surface area contributed by atoms with E-state index >= 15 is 0 Å². The van der Waals surface area contributed by atoms with Gasteiger partial charge in [0.05, 0.1) is 12.0 Å². The Morgan fingerprint density at radius 2 is 2.08 bits per heavy atom. The van der Waals surface area contributed by atoms with Crippen LogP contribution in [0.1, 0.15) is 0 Å². The quantitative estimate of drug-likeness (QED) is 0.358. The molecule has 0 bridgehead atoms. The van der Waals surface area contributed by atoms with Gasteiger partial charge in [-0.3, -0.25) is 0 Å². The molecule has 1 heterocycles. The van der Waals surface area contributed by atoms with Crippen LogP contribution in [0.4, 0.5) is 0 Å². The maximum Gasteiger partial charge on any atom is 0.110 e. The Bertz CT molecular complexity index is 153. The molecule has 0 aromatic rings. The van der Waals surface area contributed by atoms with Crippen molar-refractivity contribution in [1.29, 1.82) is 0 Å². The minimum absolute atomic E-state index is 0.254. The molecule has 0 spiro atoms. The second-order valence-corrected chi connectivity index (χ2v) is 4.23. The van der Waals surface area contributed by atoms with Gasteiger partial charge < -0.3 is 25.7 Å². The SMILES string of the molecule is OCC(O)C(O)C(O)C1NCCS1. The average molecular weight is 209 g/mol. The van der Waals surface area contributed by atoms with Crippen molar-refractivity contribution in [3.8, 4) is 0 Å². The monoisotopic (exact) mass is 209 g/mol. The van der Waals surface area contributed by atoms with E-state index in [4.69, 9.17) is 10.2 Å². The summed E-state index contributed by atoms with van der Waals surface area (Å²) in [4.78, 5) is 0. The van der Waals surface area contributed by atoms with Gasteiger partial charge in [-0.05, 0) is 0 Å². The van der Waals surface area contributed by atoms with Gasteiger partial charge in [0.1, 0.15) is 18.3 Å². The van der Waals surface area contributed by atoms with Crippen molar-refractivity contribution >= 4 is 11.8 Å². The highest BCUT2D eigenvalue weighted by molar-refractivity contribution is 8.00. The molecule has 78 valence electrons. The van der Waals surface area contributed by atoms with Crippen molar-refractivity contribution in [2.45, 2.75) is 23.7 Å². The zero-order chi connectivity index (χ0) is 9.84. The van der Waals surface area contributed by atoms with E-state index in [1.165, 1.54) is 11.8 Å². The fraction of sp³-hybridized carbons (Fsp3) is 1.00. The molecule has 5 nitrogen and oxygen atoms in total. The van der Waals surface area contributed by atoms with Crippen molar-refractivity contribution in [2.24, 2.45) is 0 Å². The number of aliphatic hydroxyl groups is 4. The Hall–Kier alpha value is 0.150. The fourth-order valence-electron chi connectivity index (χ4n) is 1.18. The summed E-state index contributed by atoms with van der Waals surface area (Å²) in [5.41, 5.74) is 0. The van der Waals surface area contributed by atoms with Crippen molar-refractivity contribution in [3.05, 3.63) is 0 Å². The molecule has 0 aromatic heterocycles. The molecule has 5 N–H and O–H groups in total. The van der Waals surface area contributed by atoms with Crippen LogP contribution in [0.3, 0.4) is 0 Å². The lowest BCUT2D eigenvalue weighted by Gasteiger charge is -2.25. The number of hydrogen-bond acceptors (Lipinski definition) is 6. The lowest BCUT2D eigenvalue weighted by Crippen LogP contribution is -2.47. The maximum absolute atomic E-state index is 9.51. The molecule has 0 radical (unpaired) electrons. The van der Waals surface area contributed by atoms with Crippen molar-refractivity contribution in [1.82, 2.24) is 5.32 Å². The molecule has 13 heavy (non-hydrogen) atoms. The molecule has 0 saturated carbocycles. The highest BCUT2D eigenvalue weighted by Crippen LogP contribution is 2.20. The summed E-state index contributed by atoms with van der Waals surface area (Å²) in [5, 5.41) is 39.2. The lowest BCUT2D eigenvalue weighted by molar-refractivity contribution is -0.0777. The molecule has 0 aliphatic carbocycles. The van der Waals surface area contributed by atoms with Crippen LogP contribution in [-0.2, 0) is 0 Å². The molecule has 4 atom stereocenters. The molecular weight excluding hydrogens is 194 g/mol. The zero-order valence-corrected chi connectivity index (χ0v) is 7.94. The minimum atomic E-state index is -1.30. The van der Waals surface area contributed by atoms with Gasteiger partial charge in [0.15, 0.2) is 0 Å². The first-order chi connectivity index (χ1) is 6.16. The summed E-state index contributed by atoms with van der Waals surface area (Å²) in [6.07, 6.45) is -3.62. The second kappa shape index (κ2) is 5.14. The highest BCUT2D eigenvalue weighted by Gasteiger charge is 2.32. The third-order valence-corrected chi connectivity index (χ3v) is 3.23. The van der Waals surface area contributed by atoms with Crippen LogP contribution in [-0.4, -0.2) is 63.0 Å². The van der Waals surface area contributed by atoms with Crippen LogP contribution in [0.5, 0.6) is 0 Å². The topological polar surface area (TPSA) is 93.0 Å². The molecule has 1 rings (SSSR count). The number of rotatable bonds is 4. The van der Waals surface area contributed by atoms with E-state index in [0.717, 1.165) is 12.3 Å². The molecule has 1 saturated heterocycles. The van der Waals surface area contributed by atoms with Crippen LogP contribution in [0, 0.1) is 0 Å². The van der Waals surface area contributed by atoms with E-state index in [-0.39, 0.29) is 5.37 Å². The number of nitrogens with one attached hydrogen (secondary N) is 1. The predicted molar refractivity (Wildman–Crippen MR) is 49.4 cm³/mol. The average Bonchev–Trinajstić information content (AvgIpc) is 2.67. The van der Waals surface area contributed by atoms with Crippen molar-refractivity contribution < 1.29 is 20.4 Å². The van der Waals surface area contributed by atoms with Crippen molar-refractivity contribution in [3.63, 3.8) is 0 Å². The molecule has 0 amide bonds. The van der Waals surface area contributed by atoms with E-state index in [1.54, 1.807) is 0 Å². The van der Waals surface area contributed by atoms with E-state index < -0.39 is 24.9 Å². The highest BCUT2D eigenvalue weighted by atomic mass is 32.2. The van der Waals surface area contributed by atoms with Crippen LogP contribution in [0.25, 0.3) is 0 Å². The first kappa shape index (κ1) is 11.2. The van der Waals surface area contributed by atoms with Gasteiger partial charge in [-0.15, -0.1) is 11.8 Å². The largest absolute Gasteiger partial charge is 0.394 e. The van der Waals surface area contributed by atoms with Crippen LogP contribution >= 0.6 is 11.8 Å². The number of aliphatic hydroxyl groups excluding tert-OH is 4. The van der Waals surface area contributed by atoms with E-state index in [1.807, 2.05) is 0 Å². The Labute approximate surface area is 80.8 Å². The summed E-state index contributed by atoms with van der Waals surface area (Å²) in [6, 6.07) is 0. The molecule has 0 aromatic carbocycles. The fourth-order valence-corrected chi connectivity index (χ4v) is 2.26. The van der Waals surface area contributed by atoms with E-state index in [0.29, 0.717) is 0 Å². The van der Waals surface area contributed by atoms with Gasteiger partial charge in [0.2, 0.25) is 0 Å².